The molecule has 0 heterocycles. The molecule has 86 valence electrons. The van der Waals surface area contributed by atoms with Crippen LogP contribution in [-0.2, 0) is 0 Å². The Hall–Kier alpha value is -1.46. The van der Waals surface area contributed by atoms with E-state index in [1.165, 1.54) is 0 Å². The second-order valence-electron chi connectivity index (χ2n) is 3.80. The molecule has 1 aromatic carbocycles. The normalized spacial score (nSPS) is 11.5. The summed E-state index contributed by atoms with van der Waals surface area (Å²) in [4.78, 5) is 0. The van der Waals surface area contributed by atoms with Crippen LogP contribution >= 0.6 is 0 Å². The molecule has 0 aliphatic carbocycles. The Kier molecular flexibility index (Phi) is 4.88. The van der Waals surface area contributed by atoms with Gasteiger partial charge in [0.05, 0.1) is 7.11 Å². The molecule has 1 unspecified atom stereocenters. The maximum Gasteiger partial charge on any atom is 0.121 e. The van der Waals surface area contributed by atoms with Gasteiger partial charge in [-0.05, 0) is 37.5 Å². The number of methoxy groups -OCH3 is 1. The molecule has 2 N–H and O–H groups in total. The molecule has 0 saturated heterocycles. The van der Waals surface area contributed by atoms with Crippen molar-refractivity contribution < 1.29 is 4.74 Å². The van der Waals surface area contributed by atoms with E-state index in [-0.39, 0.29) is 6.04 Å². The summed E-state index contributed by atoms with van der Waals surface area (Å²) in [5.74, 6) is 6.82. The Morgan fingerprint density at radius 3 is 2.75 bits per heavy atom. The predicted molar refractivity (Wildman–Crippen MR) is 67.3 cm³/mol. The number of hydrogen-bond acceptors (Lipinski definition) is 2. The van der Waals surface area contributed by atoms with Crippen LogP contribution in [0, 0.1) is 18.8 Å². The van der Waals surface area contributed by atoms with Crippen LogP contribution in [0.4, 0.5) is 0 Å². The maximum atomic E-state index is 6.09. The van der Waals surface area contributed by atoms with E-state index >= 15 is 0 Å². The van der Waals surface area contributed by atoms with Crippen molar-refractivity contribution in [2.75, 3.05) is 7.11 Å². The van der Waals surface area contributed by atoms with E-state index in [4.69, 9.17) is 10.5 Å². The summed E-state index contributed by atoms with van der Waals surface area (Å²) < 4.78 is 5.22. The smallest absolute Gasteiger partial charge is 0.121 e. The molecule has 0 radical (unpaired) electrons. The number of benzene rings is 1. The molecule has 2 nitrogen and oxygen atoms in total. The van der Waals surface area contributed by atoms with Crippen LogP contribution in [0.2, 0.25) is 0 Å². The summed E-state index contributed by atoms with van der Waals surface area (Å²) in [6, 6.07) is 6.14. The fraction of sp³-hybridized carbons (Fsp3) is 0.429. The van der Waals surface area contributed by atoms with E-state index < -0.39 is 0 Å². The molecule has 1 rings (SSSR count). The fourth-order valence-corrected chi connectivity index (χ4v) is 1.65. The van der Waals surface area contributed by atoms with Gasteiger partial charge in [0.2, 0.25) is 0 Å². The Balaban J connectivity index is 2.71. The van der Waals surface area contributed by atoms with Gasteiger partial charge in [-0.3, -0.25) is 0 Å². The van der Waals surface area contributed by atoms with Crippen molar-refractivity contribution in [3.05, 3.63) is 29.3 Å². The lowest BCUT2D eigenvalue weighted by Gasteiger charge is -2.12. The zero-order valence-corrected chi connectivity index (χ0v) is 10.2. The van der Waals surface area contributed by atoms with Gasteiger partial charge in [-0.2, -0.15) is 0 Å². The predicted octanol–water partition coefficient (Wildman–Crippen LogP) is 2.81. The third kappa shape index (κ3) is 3.29. The summed E-state index contributed by atoms with van der Waals surface area (Å²) in [6.45, 7) is 3.88. The summed E-state index contributed by atoms with van der Waals surface area (Å²) in [7, 11) is 1.68. The van der Waals surface area contributed by atoms with Crippen molar-refractivity contribution in [3.63, 3.8) is 0 Å². The topological polar surface area (TPSA) is 35.2 Å². The zero-order chi connectivity index (χ0) is 12.0. The first kappa shape index (κ1) is 12.6. The van der Waals surface area contributed by atoms with E-state index in [0.717, 1.165) is 29.7 Å². The standard InChI is InChI=1S/C14H19NO/c1-4-5-6-7-13(15)12-8-9-14(16-3)11(2)10-12/h8-10,13H,6-7,15H2,1-3H3. The molecule has 0 aromatic heterocycles. The first-order valence-electron chi connectivity index (χ1n) is 5.48. The van der Waals surface area contributed by atoms with Crippen LogP contribution in [0.1, 0.15) is 36.9 Å². The van der Waals surface area contributed by atoms with Gasteiger partial charge in [0.1, 0.15) is 5.75 Å². The minimum absolute atomic E-state index is 0.0606. The van der Waals surface area contributed by atoms with E-state index in [2.05, 4.69) is 17.9 Å². The summed E-state index contributed by atoms with van der Waals surface area (Å²) in [6.07, 6.45) is 1.75. The monoisotopic (exact) mass is 217 g/mol. The van der Waals surface area contributed by atoms with Gasteiger partial charge in [-0.25, -0.2) is 0 Å². The van der Waals surface area contributed by atoms with Crippen LogP contribution in [0.15, 0.2) is 18.2 Å². The molecular weight excluding hydrogens is 198 g/mol. The summed E-state index contributed by atoms with van der Waals surface area (Å²) in [5, 5.41) is 0. The third-order valence-electron chi connectivity index (χ3n) is 2.60. The average Bonchev–Trinajstić information content (AvgIpc) is 2.29. The molecule has 0 spiro atoms. The third-order valence-corrected chi connectivity index (χ3v) is 2.60. The van der Waals surface area contributed by atoms with Crippen LogP contribution in [0.3, 0.4) is 0 Å². The number of rotatable bonds is 4. The molecule has 1 aromatic rings. The molecule has 2 heteroatoms. The lowest BCUT2D eigenvalue weighted by atomic mass is 10.0. The molecular formula is C14H19NO. The fourth-order valence-electron chi connectivity index (χ4n) is 1.65. The molecule has 1 atom stereocenters. The van der Waals surface area contributed by atoms with Gasteiger partial charge in [0, 0.05) is 12.5 Å². The van der Waals surface area contributed by atoms with Crippen molar-refractivity contribution in [3.8, 4) is 17.6 Å². The van der Waals surface area contributed by atoms with Crippen molar-refractivity contribution >= 4 is 0 Å². The molecule has 0 bridgehead atoms. The van der Waals surface area contributed by atoms with Gasteiger partial charge in [-0.15, -0.1) is 11.8 Å². The van der Waals surface area contributed by atoms with Crippen LogP contribution in [0.5, 0.6) is 5.75 Å². The summed E-state index contributed by atoms with van der Waals surface area (Å²) in [5.41, 5.74) is 8.36. The lowest BCUT2D eigenvalue weighted by molar-refractivity contribution is 0.411. The van der Waals surface area contributed by atoms with E-state index in [1.54, 1.807) is 7.11 Å². The van der Waals surface area contributed by atoms with Gasteiger partial charge >= 0.3 is 0 Å². The highest BCUT2D eigenvalue weighted by Gasteiger charge is 2.07. The highest BCUT2D eigenvalue weighted by atomic mass is 16.5. The quantitative estimate of drug-likeness (QED) is 0.787. The molecule has 0 saturated carbocycles. The van der Waals surface area contributed by atoms with Crippen molar-refractivity contribution in [2.45, 2.75) is 32.7 Å². The second kappa shape index (κ2) is 6.19. The number of ether oxygens (including phenoxy) is 1. The Labute approximate surface area is 97.8 Å². The lowest BCUT2D eigenvalue weighted by Crippen LogP contribution is -2.10. The van der Waals surface area contributed by atoms with E-state index in [0.29, 0.717) is 0 Å². The number of aryl methyl sites for hydroxylation is 1. The molecule has 0 aliphatic rings. The Bertz CT molecular complexity index is 401. The number of nitrogens with two attached hydrogens (primary N) is 1. The SMILES string of the molecule is CC#CCCC(N)c1ccc(OC)c(C)c1. The molecule has 0 fully saturated rings. The van der Waals surface area contributed by atoms with Crippen LogP contribution in [0.25, 0.3) is 0 Å². The molecule has 16 heavy (non-hydrogen) atoms. The van der Waals surface area contributed by atoms with E-state index in [1.807, 2.05) is 26.0 Å². The summed E-state index contributed by atoms with van der Waals surface area (Å²) >= 11 is 0. The Morgan fingerprint density at radius 1 is 1.44 bits per heavy atom. The molecule has 0 amide bonds. The first-order valence-corrected chi connectivity index (χ1v) is 5.48. The average molecular weight is 217 g/mol. The molecule has 0 aliphatic heterocycles. The maximum absolute atomic E-state index is 6.09. The minimum Gasteiger partial charge on any atom is -0.496 e. The van der Waals surface area contributed by atoms with Crippen molar-refractivity contribution in [2.24, 2.45) is 5.73 Å². The van der Waals surface area contributed by atoms with Gasteiger partial charge in [0.15, 0.2) is 0 Å². The minimum atomic E-state index is 0.0606. The Morgan fingerprint density at radius 2 is 2.19 bits per heavy atom. The van der Waals surface area contributed by atoms with Crippen LogP contribution < -0.4 is 10.5 Å². The highest BCUT2D eigenvalue weighted by molar-refractivity contribution is 5.37. The highest BCUT2D eigenvalue weighted by Crippen LogP contribution is 2.23. The second-order valence-corrected chi connectivity index (χ2v) is 3.80. The van der Waals surface area contributed by atoms with Crippen LogP contribution in [-0.4, -0.2) is 7.11 Å². The number of hydrogen-bond donors (Lipinski definition) is 1. The van der Waals surface area contributed by atoms with Gasteiger partial charge < -0.3 is 10.5 Å². The first-order chi connectivity index (χ1) is 7.69. The van der Waals surface area contributed by atoms with Gasteiger partial charge in [0.25, 0.3) is 0 Å². The largest absolute Gasteiger partial charge is 0.496 e. The zero-order valence-electron chi connectivity index (χ0n) is 10.2. The van der Waals surface area contributed by atoms with Crippen molar-refractivity contribution in [1.29, 1.82) is 0 Å². The van der Waals surface area contributed by atoms with E-state index in [9.17, 15) is 0 Å². The van der Waals surface area contributed by atoms with Gasteiger partial charge in [-0.1, -0.05) is 12.1 Å². The van der Waals surface area contributed by atoms with Crippen molar-refractivity contribution in [1.82, 2.24) is 0 Å².